The zero-order valence-corrected chi connectivity index (χ0v) is 15.8. The van der Waals surface area contributed by atoms with Crippen molar-refractivity contribution in [3.05, 3.63) is 64.4 Å². The van der Waals surface area contributed by atoms with Crippen LogP contribution in [0, 0.1) is 0 Å². The molecule has 0 aliphatic carbocycles. The summed E-state index contributed by atoms with van der Waals surface area (Å²) >= 11 is 5.79. The molecule has 0 spiro atoms. The zero-order valence-electron chi connectivity index (χ0n) is 15.1. The van der Waals surface area contributed by atoms with Crippen molar-refractivity contribution in [2.75, 3.05) is 20.1 Å². The van der Waals surface area contributed by atoms with Gasteiger partial charge in [0.1, 0.15) is 5.15 Å². The largest absolute Gasteiger partial charge is 0.357 e. The average molecular weight is 374 g/mol. The van der Waals surface area contributed by atoms with Crippen LogP contribution in [0.15, 0.2) is 47.6 Å². The molecule has 7 heteroatoms. The van der Waals surface area contributed by atoms with Crippen molar-refractivity contribution >= 4 is 23.5 Å². The van der Waals surface area contributed by atoms with Crippen molar-refractivity contribution < 1.29 is 4.79 Å². The van der Waals surface area contributed by atoms with Gasteiger partial charge in [-0.3, -0.25) is 4.79 Å². The van der Waals surface area contributed by atoms with E-state index in [1.165, 1.54) is 0 Å². The van der Waals surface area contributed by atoms with Gasteiger partial charge in [-0.2, -0.15) is 0 Å². The zero-order chi connectivity index (χ0) is 18.8. The summed E-state index contributed by atoms with van der Waals surface area (Å²) in [6.07, 6.45) is 2.51. The van der Waals surface area contributed by atoms with Gasteiger partial charge in [-0.1, -0.05) is 29.8 Å². The molecule has 1 aromatic heterocycles. The fraction of sp³-hybridized carbons (Fsp3) is 0.316. The van der Waals surface area contributed by atoms with Gasteiger partial charge in [0.25, 0.3) is 5.91 Å². The summed E-state index contributed by atoms with van der Waals surface area (Å²) in [5.74, 6) is 0.663. The Morgan fingerprint density at radius 3 is 2.73 bits per heavy atom. The van der Waals surface area contributed by atoms with Gasteiger partial charge in [-0.15, -0.1) is 0 Å². The molecule has 0 aliphatic rings. The van der Waals surface area contributed by atoms with E-state index in [0.29, 0.717) is 23.8 Å². The SMILES string of the molecule is CCNC(=NCc1ccc(Cl)nc1)NCCc1cccc(C(=O)NC)c1. The fourth-order valence-corrected chi connectivity index (χ4v) is 2.46. The molecule has 1 amide bonds. The molecule has 1 heterocycles. The van der Waals surface area contributed by atoms with Gasteiger partial charge >= 0.3 is 0 Å². The van der Waals surface area contributed by atoms with Crippen LogP contribution in [0.4, 0.5) is 0 Å². The number of nitrogens with zero attached hydrogens (tertiary/aromatic N) is 2. The minimum atomic E-state index is -0.0775. The van der Waals surface area contributed by atoms with Crippen molar-refractivity contribution in [3.8, 4) is 0 Å². The van der Waals surface area contributed by atoms with Crippen LogP contribution in [0.2, 0.25) is 5.15 Å². The molecule has 0 radical (unpaired) electrons. The molecule has 0 bridgehead atoms. The predicted octanol–water partition coefficient (Wildman–Crippen LogP) is 2.39. The number of hydrogen-bond acceptors (Lipinski definition) is 3. The number of carbonyl (C=O) groups is 1. The van der Waals surface area contributed by atoms with Crippen LogP contribution in [0.5, 0.6) is 0 Å². The van der Waals surface area contributed by atoms with Crippen molar-refractivity contribution in [3.63, 3.8) is 0 Å². The van der Waals surface area contributed by atoms with Crippen LogP contribution in [-0.4, -0.2) is 37.0 Å². The van der Waals surface area contributed by atoms with Crippen LogP contribution in [0.25, 0.3) is 0 Å². The Kier molecular flexibility index (Phi) is 7.89. The lowest BCUT2D eigenvalue weighted by molar-refractivity contribution is 0.0963. The Bertz CT molecular complexity index is 746. The Hall–Kier alpha value is -2.60. The Morgan fingerprint density at radius 1 is 1.19 bits per heavy atom. The highest BCUT2D eigenvalue weighted by atomic mass is 35.5. The Balaban J connectivity index is 1.90. The van der Waals surface area contributed by atoms with E-state index in [9.17, 15) is 4.79 Å². The summed E-state index contributed by atoms with van der Waals surface area (Å²) in [5, 5.41) is 9.63. The summed E-state index contributed by atoms with van der Waals surface area (Å²) in [5.41, 5.74) is 2.75. The average Bonchev–Trinajstić information content (AvgIpc) is 2.67. The molecule has 0 saturated carbocycles. The van der Waals surface area contributed by atoms with Crippen molar-refractivity contribution in [1.29, 1.82) is 0 Å². The van der Waals surface area contributed by atoms with Crippen molar-refractivity contribution in [1.82, 2.24) is 20.9 Å². The second-order valence-electron chi connectivity index (χ2n) is 5.64. The first-order valence-corrected chi connectivity index (χ1v) is 8.93. The van der Waals surface area contributed by atoms with Crippen LogP contribution >= 0.6 is 11.6 Å². The summed E-state index contributed by atoms with van der Waals surface area (Å²) in [4.78, 5) is 20.3. The van der Waals surface area contributed by atoms with Crippen LogP contribution < -0.4 is 16.0 Å². The molecule has 0 atom stereocenters. The summed E-state index contributed by atoms with van der Waals surface area (Å²) < 4.78 is 0. The number of halogens is 1. The lowest BCUT2D eigenvalue weighted by Crippen LogP contribution is -2.38. The van der Waals surface area contributed by atoms with Crippen molar-refractivity contribution in [2.24, 2.45) is 4.99 Å². The molecule has 2 aromatic rings. The number of aromatic nitrogens is 1. The molecule has 3 N–H and O–H groups in total. The maximum atomic E-state index is 11.7. The Morgan fingerprint density at radius 2 is 2.04 bits per heavy atom. The molecule has 0 aliphatic heterocycles. The number of pyridine rings is 1. The molecule has 1 aromatic carbocycles. The quantitative estimate of drug-likeness (QED) is 0.395. The lowest BCUT2D eigenvalue weighted by Gasteiger charge is -2.11. The first-order chi connectivity index (χ1) is 12.6. The fourth-order valence-electron chi connectivity index (χ4n) is 2.35. The maximum absolute atomic E-state index is 11.7. The number of carbonyl (C=O) groups excluding carboxylic acids is 1. The first-order valence-electron chi connectivity index (χ1n) is 8.56. The van der Waals surface area contributed by atoms with Gasteiger partial charge in [0.05, 0.1) is 6.54 Å². The highest BCUT2D eigenvalue weighted by molar-refractivity contribution is 6.29. The third-order valence-corrected chi connectivity index (χ3v) is 3.90. The van der Waals surface area contributed by atoms with E-state index in [0.717, 1.165) is 30.1 Å². The number of aliphatic imine (C=N–C) groups is 1. The van der Waals surface area contributed by atoms with E-state index in [4.69, 9.17) is 11.6 Å². The van der Waals surface area contributed by atoms with Gasteiger partial charge in [-0.25, -0.2) is 9.98 Å². The Labute approximate surface area is 159 Å². The van der Waals surface area contributed by atoms with E-state index in [2.05, 4.69) is 25.9 Å². The number of nitrogens with one attached hydrogen (secondary N) is 3. The van der Waals surface area contributed by atoms with Gasteiger partial charge < -0.3 is 16.0 Å². The summed E-state index contributed by atoms with van der Waals surface area (Å²) in [6, 6.07) is 11.3. The minimum absolute atomic E-state index is 0.0775. The monoisotopic (exact) mass is 373 g/mol. The number of rotatable bonds is 7. The third-order valence-electron chi connectivity index (χ3n) is 3.67. The van der Waals surface area contributed by atoms with Crippen LogP contribution in [0.1, 0.15) is 28.4 Å². The number of hydrogen-bond donors (Lipinski definition) is 3. The smallest absolute Gasteiger partial charge is 0.251 e. The molecule has 6 nitrogen and oxygen atoms in total. The van der Waals surface area contributed by atoms with Gasteiger partial charge in [-0.05, 0) is 42.7 Å². The van der Waals surface area contributed by atoms with Gasteiger partial charge in [0.2, 0.25) is 0 Å². The van der Waals surface area contributed by atoms with Gasteiger partial charge in [0, 0.05) is 31.9 Å². The topological polar surface area (TPSA) is 78.4 Å². The molecule has 138 valence electrons. The van der Waals surface area contributed by atoms with Crippen LogP contribution in [-0.2, 0) is 13.0 Å². The second kappa shape index (κ2) is 10.4. The van der Waals surface area contributed by atoms with E-state index >= 15 is 0 Å². The lowest BCUT2D eigenvalue weighted by atomic mass is 10.1. The summed E-state index contributed by atoms with van der Waals surface area (Å²) in [6.45, 7) is 4.03. The number of guanidine groups is 1. The highest BCUT2D eigenvalue weighted by Crippen LogP contribution is 2.07. The molecule has 0 saturated heterocycles. The number of amides is 1. The molecule has 0 fully saturated rings. The highest BCUT2D eigenvalue weighted by Gasteiger charge is 2.04. The van der Waals surface area contributed by atoms with E-state index in [-0.39, 0.29) is 5.91 Å². The van der Waals surface area contributed by atoms with E-state index in [1.807, 2.05) is 31.2 Å². The first kappa shape index (κ1) is 19.7. The summed E-state index contributed by atoms with van der Waals surface area (Å²) in [7, 11) is 1.63. The van der Waals surface area contributed by atoms with Crippen molar-refractivity contribution in [2.45, 2.75) is 19.9 Å². The van der Waals surface area contributed by atoms with Crippen LogP contribution in [0.3, 0.4) is 0 Å². The normalized spacial score (nSPS) is 11.1. The molecular formula is C19H24ClN5O. The minimum Gasteiger partial charge on any atom is -0.357 e. The standard InChI is InChI=1S/C19H24ClN5O/c1-3-22-19(25-13-15-7-8-17(20)24-12-15)23-10-9-14-5-4-6-16(11-14)18(26)21-2/h4-8,11-12H,3,9-10,13H2,1-2H3,(H,21,26)(H2,22,23,25). The predicted molar refractivity (Wildman–Crippen MR) is 106 cm³/mol. The van der Waals surface area contributed by atoms with E-state index in [1.54, 1.807) is 25.4 Å². The second-order valence-corrected chi connectivity index (χ2v) is 6.03. The van der Waals surface area contributed by atoms with E-state index < -0.39 is 0 Å². The molecular weight excluding hydrogens is 350 g/mol. The van der Waals surface area contributed by atoms with Gasteiger partial charge in [0.15, 0.2) is 5.96 Å². The maximum Gasteiger partial charge on any atom is 0.251 e. The molecule has 26 heavy (non-hydrogen) atoms. The number of benzene rings is 1. The molecule has 0 unspecified atom stereocenters. The molecule has 2 rings (SSSR count). The third kappa shape index (κ3) is 6.37.